The second kappa shape index (κ2) is 8.50. The molecule has 27 heavy (non-hydrogen) atoms. The maximum atomic E-state index is 12.4. The molecule has 7 nitrogen and oxygen atoms in total. The van der Waals surface area contributed by atoms with Gasteiger partial charge in [0.05, 0.1) is 5.25 Å². The molecule has 1 aromatic heterocycles. The number of rotatable bonds is 6. The van der Waals surface area contributed by atoms with Crippen LogP contribution in [0.4, 0.5) is 11.4 Å². The summed E-state index contributed by atoms with van der Waals surface area (Å²) in [7, 11) is 0. The Bertz CT molecular complexity index is 926. The molecule has 2 amide bonds. The molecular formula is C19H18N4O3S. The number of amides is 2. The molecule has 0 unspecified atom stereocenters. The van der Waals surface area contributed by atoms with Gasteiger partial charge in [0.2, 0.25) is 17.7 Å². The number of thioether (sulfide) groups is 1. The van der Waals surface area contributed by atoms with Crippen LogP contribution in [-0.2, 0) is 9.59 Å². The van der Waals surface area contributed by atoms with E-state index in [1.165, 1.54) is 18.7 Å². The van der Waals surface area contributed by atoms with E-state index in [9.17, 15) is 9.59 Å². The first-order valence-corrected chi connectivity index (χ1v) is 9.13. The van der Waals surface area contributed by atoms with Gasteiger partial charge in [0.25, 0.3) is 5.22 Å². The van der Waals surface area contributed by atoms with Crippen LogP contribution in [-0.4, -0.2) is 27.3 Å². The van der Waals surface area contributed by atoms with Gasteiger partial charge in [-0.1, -0.05) is 30.0 Å². The molecule has 0 aliphatic rings. The van der Waals surface area contributed by atoms with Gasteiger partial charge in [-0.3, -0.25) is 9.59 Å². The molecule has 3 aromatic rings. The summed E-state index contributed by atoms with van der Waals surface area (Å²) >= 11 is 1.19. The van der Waals surface area contributed by atoms with E-state index in [0.29, 0.717) is 22.5 Å². The third-order valence-corrected chi connectivity index (χ3v) is 4.48. The summed E-state index contributed by atoms with van der Waals surface area (Å²) in [6.07, 6.45) is 0. The molecule has 0 spiro atoms. The first-order valence-electron chi connectivity index (χ1n) is 8.25. The van der Waals surface area contributed by atoms with Crippen molar-refractivity contribution < 1.29 is 14.0 Å². The Morgan fingerprint density at radius 1 is 0.963 bits per heavy atom. The molecule has 0 saturated heterocycles. The van der Waals surface area contributed by atoms with Crippen LogP contribution in [0, 0.1) is 0 Å². The fraction of sp³-hybridized carbons (Fsp3) is 0.158. The summed E-state index contributed by atoms with van der Waals surface area (Å²) in [5.41, 5.74) is 2.13. The summed E-state index contributed by atoms with van der Waals surface area (Å²) < 4.78 is 5.61. The van der Waals surface area contributed by atoms with Gasteiger partial charge in [-0.05, 0) is 43.3 Å². The molecule has 1 atom stereocenters. The van der Waals surface area contributed by atoms with Gasteiger partial charge in [-0.25, -0.2) is 0 Å². The minimum absolute atomic E-state index is 0.147. The lowest BCUT2D eigenvalue weighted by atomic mass is 10.2. The van der Waals surface area contributed by atoms with E-state index < -0.39 is 5.25 Å². The minimum atomic E-state index is -0.427. The van der Waals surface area contributed by atoms with Gasteiger partial charge < -0.3 is 15.1 Å². The van der Waals surface area contributed by atoms with Crippen molar-refractivity contribution >= 4 is 35.0 Å². The lowest BCUT2D eigenvalue weighted by Crippen LogP contribution is -2.22. The molecule has 0 fully saturated rings. The third kappa shape index (κ3) is 5.18. The number of nitrogens with one attached hydrogen (secondary N) is 2. The van der Waals surface area contributed by atoms with Crippen molar-refractivity contribution in [3.8, 4) is 11.5 Å². The first kappa shape index (κ1) is 18.7. The maximum absolute atomic E-state index is 12.4. The predicted octanol–water partition coefficient (Wildman–Crippen LogP) is 3.81. The number of aromatic nitrogens is 2. The van der Waals surface area contributed by atoms with E-state index in [2.05, 4.69) is 20.8 Å². The summed E-state index contributed by atoms with van der Waals surface area (Å²) in [4.78, 5) is 23.4. The SMILES string of the molecule is CC(=O)Nc1ccc(NC(=O)[C@@H](C)Sc2nnc(-c3ccccc3)o2)cc1. The van der Waals surface area contributed by atoms with E-state index in [1.54, 1.807) is 31.2 Å². The minimum Gasteiger partial charge on any atom is -0.411 e. The van der Waals surface area contributed by atoms with E-state index in [1.807, 2.05) is 30.3 Å². The van der Waals surface area contributed by atoms with Crippen LogP contribution in [0.2, 0.25) is 0 Å². The Morgan fingerprint density at radius 3 is 2.22 bits per heavy atom. The topological polar surface area (TPSA) is 97.1 Å². The van der Waals surface area contributed by atoms with Crippen molar-refractivity contribution in [1.82, 2.24) is 10.2 Å². The van der Waals surface area contributed by atoms with E-state index in [4.69, 9.17) is 4.42 Å². The molecule has 3 rings (SSSR count). The van der Waals surface area contributed by atoms with Crippen molar-refractivity contribution in [2.24, 2.45) is 0 Å². The maximum Gasteiger partial charge on any atom is 0.277 e. The van der Waals surface area contributed by atoms with Gasteiger partial charge in [-0.15, -0.1) is 10.2 Å². The van der Waals surface area contributed by atoms with Crippen LogP contribution in [0.5, 0.6) is 0 Å². The molecule has 2 aromatic carbocycles. The molecule has 8 heteroatoms. The van der Waals surface area contributed by atoms with Crippen LogP contribution >= 0.6 is 11.8 Å². The smallest absolute Gasteiger partial charge is 0.277 e. The second-order valence-corrected chi connectivity index (χ2v) is 7.04. The molecule has 0 bridgehead atoms. The van der Waals surface area contributed by atoms with E-state index >= 15 is 0 Å². The quantitative estimate of drug-likeness (QED) is 0.629. The lowest BCUT2D eigenvalue weighted by molar-refractivity contribution is -0.115. The monoisotopic (exact) mass is 382 g/mol. The number of anilines is 2. The Hall–Kier alpha value is -3.13. The summed E-state index contributed by atoms with van der Waals surface area (Å²) in [5, 5.41) is 13.4. The third-order valence-electron chi connectivity index (χ3n) is 3.55. The van der Waals surface area contributed by atoms with Gasteiger partial charge >= 0.3 is 0 Å². The van der Waals surface area contributed by atoms with Crippen molar-refractivity contribution in [1.29, 1.82) is 0 Å². The van der Waals surface area contributed by atoms with Crippen LogP contribution in [0.3, 0.4) is 0 Å². The largest absolute Gasteiger partial charge is 0.411 e. The molecule has 2 N–H and O–H groups in total. The number of nitrogens with zero attached hydrogens (tertiary/aromatic N) is 2. The summed E-state index contributed by atoms with van der Waals surface area (Å²) in [6.45, 7) is 3.20. The lowest BCUT2D eigenvalue weighted by Gasteiger charge is -2.10. The fourth-order valence-corrected chi connectivity index (χ4v) is 2.93. The normalized spacial score (nSPS) is 11.6. The highest BCUT2D eigenvalue weighted by atomic mass is 32.2. The number of benzene rings is 2. The van der Waals surface area contributed by atoms with E-state index in [0.717, 1.165) is 5.56 Å². The zero-order valence-corrected chi connectivity index (χ0v) is 15.6. The molecule has 0 radical (unpaired) electrons. The molecular weight excluding hydrogens is 364 g/mol. The van der Waals surface area contributed by atoms with Crippen LogP contribution in [0.25, 0.3) is 11.5 Å². The van der Waals surface area contributed by atoms with Gasteiger partial charge in [0, 0.05) is 23.9 Å². The molecule has 1 heterocycles. The molecule has 0 aliphatic carbocycles. The van der Waals surface area contributed by atoms with Crippen LogP contribution in [0.1, 0.15) is 13.8 Å². The first-order chi connectivity index (χ1) is 13.0. The zero-order chi connectivity index (χ0) is 19.2. The van der Waals surface area contributed by atoms with Gasteiger partial charge in [0.15, 0.2) is 0 Å². The van der Waals surface area contributed by atoms with Crippen molar-refractivity contribution in [3.05, 3.63) is 54.6 Å². The Kier molecular flexibility index (Phi) is 5.87. The average Bonchev–Trinajstić information content (AvgIpc) is 3.12. The summed E-state index contributed by atoms with van der Waals surface area (Å²) in [5.74, 6) is 0.0808. The second-order valence-electron chi connectivity index (χ2n) is 5.75. The highest BCUT2D eigenvalue weighted by Crippen LogP contribution is 2.26. The van der Waals surface area contributed by atoms with Gasteiger partial charge in [-0.2, -0.15) is 0 Å². The van der Waals surface area contributed by atoms with Gasteiger partial charge in [0.1, 0.15) is 0 Å². The predicted molar refractivity (Wildman–Crippen MR) is 104 cm³/mol. The highest BCUT2D eigenvalue weighted by molar-refractivity contribution is 8.00. The van der Waals surface area contributed by atoms with E-state index in [-0.39, 0.29) is 11.8 Å². The summed E-state index contributed by atoms with van der Waals surface area (Å²) in [6, 6.07) is 16.3. The number of carbonyl (C=O) groups is 2. The average molecular weight is 382 g/mol. The molecule has 138 valence electrons. The van der Waals surface area contributed by atoms with Crippen LogP contribution < -0.4 is 10.6 Å². The molecule has 0 aliphatic heterocycles. The Morgan fingerprint density at radius 2 is 1.59 bits per heavy atom. The van der Waals surface area contributed by atoms with Crippen molar-refractivity contribution in [3.63, 3.8) is 0 Å². The Labute approximate surface area is 160 Å². The Balaban J connectivity index is 1.58. The zero-order valence-electron chi connectivity index (χ0n) is 14.8. The van der Waals surface area contributed by atoms with Crippen LogP contribution in [0.15, 0.2) is 64.2 Å². The standard InChI is InChI=1S/C19H18N4O3S/c1-12(17(25)21-16-10-8-15(9-11-16)20-13(2)24)27-19-23-22-18(26-19)14-6-4-3-5-7-14/h3-12H,1-2H3,(H,20,24)(H,21,25)/t12-/m1/s1. The highest BCUT2D eigenvalue weighted by Gasteiger charge is 2.19. The number of hydrogen-bond acceptors (Lipinski definition) is 6. The number of carbonyl (C=O) groups excluding carboxylic acids is 2. The molecule has 0 saturated carbocycles. The van der Waals surface area contributed by atoms with Crippen molar-refractivity contribution in [2.45, 2.75) is 24.3 Å². The van der Waals surface area contributed by atoms with Crippen molar-refractivity contribution in [2.75, 3.05) is 10.6 Å². The fourth-order valence-electron chi connectivity index (χ4n) is 2.24. The number of hydrogen-bond donors (Lipinski definition) is 2.